The fourth-order valence-electron chi connectivity index (χ4n) is 2.43. The number of nitrogens with zero attached hydrogens (tertiary/aromatic N) is 2. The minimum Gasteiger partial charge on any atom is -0.507 e. The maximum atomic E-state index is 9.79. The molecule has 0 bridgehead atoms. The second-order valence-corrected chi connectivity index (χ2v) is 5.98. The van der Waals surface area contributed by atoms with Gasteiger partial charge in [0.1, 0.15) is 23.0 Å². The second kappa shape index (κ2) is 10.9. The van der Waals surface area contributed by atoms with Crippen molar-refractivity contribution < 1.29 is 19.7 Å². The van der Waals surface area contributed by atoms with Crippen molar-refractivity contribution in [2.45, 2.75) is 19.3 Å². The Bertz CT molecular complexity index is 722. The van der Waals surface area contributed by atoms with Gasteiger partial charge < -0.3 is 19.7 Å². The van der Waals surface area contributed by atoms with Gasteiger partial charge in [0, 0.05) is 36.6 Å². The number of aliphatic imine (C=N–C) groups is 2. The normalized spacial score (nSPS) is 11.3. The third-order valence-corrected chi connectivity index (χ3v) is 4.00. The van der Waals surface area contributed by atoms with Crippen molar-refractivity contribution >= 4 is 12.4 Å². The van der Waals surface area contributed by atoms with Crippen molar-refractivity contribution in [1.82, 2.24) is 0 Å². The van der Waals surface area contributed by atoms with Crippen molar-refractivity contribution in [3.8, 4) is 23.0 Å². The molecule has 0 atom stereocenters. The first-order chi connectivity index (χ1) is 13.1. The number of benzene rings is 2. The third-order valence-electron chi connectivity index (χ3n) is 4.00. The van der Waals surface area contributed by atoms with E-state index in [1.54, 1.807) is 63.0 Å². The summed E-state index contributed by atoms with van der Waals surface area (Å²) in [6, 6.07) is 10.1. The summed E-state index contributed by atoms with van der Waals surface area (Å²) in [4.78, 5) is 8.70. The van der Waals surface area contributed by atoms with Gasteiger partial charge in [-0.3, -0.25) is 9.98 Å². The summed E-state index contributed by atoms with van der Waals surface area (Å²) >= 11 is 0. The lowest BCUT2D eigenvalue weighted by Gasteiger charge is -2.03. The Morgan fingerprint density at radius 3 is 1.59 bits per heavy atom. The number of phenols is 2. The van der Waals surface area contributed by atoms with Gasteiger partial charge in [0.25, 0.3) is 0 Å². The summed E-state index contributed by atoms with van der Waals surface area (Å²) < 4.78 is 10.3. The molecular weight excluding hydrogens is 344 g/mol. The fraction of sp³-hybridized carbons (Fsp3) is 0.333. The molecule has 144 valence electrons. The van der Waals surface area contributed by atoms with Crippen LogP contribution in [0.3, 0.4) is 0 Å². The number of unbranched alkanes of at least 4 members (excludes halogenated alkanes) is 2. The molecule has 0 unspecified atom stereocenters. The van der Waals surface area contributed by atoms with Crippen LogP contribution in [0.4, 0.5) is 0 Å². The highest BCUT2D eigenvalue weighted by atomic mass is 16.5. The molecule has 2 N–H and O–H groups in total. The van der Waals surface area contributed by atoms with Crippen molar-refractivity contribution in [2.75, 3.05) is 27.3 Å². The summed E-state index contributed by atoms with van der Waals surface area (Å²) in [6.45, 7) is 1.38. The lowest BCUT2D eigenvalue weighted by molar-refractivity contribution is 0.412. The van der Waals surface area contributed by atoms with Crippen molar-refractivity contribution in [1.29, 1.82) is 0 Å². The van der Waals surface area contributed by atoms with E-state index >= 15 is 0 Å². The molecule has 0 aliphatic heterocycles. The molecule has 2 aromatic rings. The number of rotatable bonds is 10. The molecule has 0 aliphatic carbocycles. The van der Waals surface area contributed by atoms with E-state index in [4.69, 9.17) is 9.47 Å². The second-order valence-electron chi connectivity index (χ2n) is 5.98. The van der Waals surface area contributed by atoms with Gasteiger partial charge in [-0.1, -0.05) is 0 Å². The van der Waals surface area contributed by atoms with Crippen LogP contribution in [-0.4, -0.2) is 50.0 Å². The van der Waals surface area contributed by atoms with Gasteiger partial charge in [-0.15, -0.1) is 0 Å². The largest absolute Gasteiger partial charge is 0.507 e. The van der Waals surface area contributed by atoms with Crippen LogP contribution in [0, 0.1) is 0 Å². The third kappa shape index (κ3) is 6.66. The first kappa shape index (κ1) is 20.3. The van der Waals surface area contributed by atoms with Gasteiger partial charge >= 0.3 is 0 Å². The van der Waals surface area contributed by atoms with Gasteiger partial charge in [0.2, 0.25) is 0 Å². The van der Waals surface area contributed by atoms with Gasteiger partial charge in [-0.2, -0.15) is 0 Å². The van der Waals surface area contributed by atoms with E-state index in [2.05, 4.69) is 9.98 Å². The molecule has 0 fully saturated rings. The number of methoxy groups -OCH3 is 2. The molecule has 2 rings (SSSR count). The molecule has 6 nitrogen and oxygen atoms in total. The van der Waals surface area contributed by atoms with E-state index in [1.165, 1.54) is 0 Å². The lowest BCUT2D eigenvalue weighted by atomic mass is 10.2. The minimum absolute atomic E-state index is 0.190. The highest BCUT2D eigenvalue weighted by molar-refractivity contribution is 5.84. The van der Waals surface area contributed by atoms with Crippen LogP contribution >= 0.6 is 0 Å². The SMILES string of the molecule is COc1ccc(O)c(C=NCCCCCN=Cc2cc(OC)ccc2O)c1. The van der Waals surface area contributed by atoms with Crippen LogP contribution in [-0.2, 0) is 0 Å². The number of phenolic OH excluding ortho intramolecular Hbond substituents is 2. The van der Waals surface area contributed by atoms with Crippen LogP contribution < -0.4 is 9.47 Å². The van der Waals surface area contributed by atoms with Crippen LogP contribution in [0.2, 0.25) is 0 Å². The molecule has 0 amide bonds. The molecular formula is C21H26N2O4. The molecule has 27 heavy (non-hydrogen) atoms. The molecule has 0 radical (unpaired) electrons. The smallest absolute Gasteiger partial charge is 0.124 e. The van der Waals surface area contributed by atoms with E-state index in [-0.39, 0.29) is 11.5 Å². The standard InChI is InChI=1S/C21H26N2O4/c1-26-18-6-8-20(24)16(12-18)14-22-10-4-3-5-11-23-15-17-13-19(27-2)7-9-21(17)25/h6-9,12-15,24-25H,3-5,10-11H2,1-2H3. The topological polar surface area (TPSA) is 83.6 Å². The Balaban J connectivity index is 1.68. The van der Waals surface area contributed by atoms with Gasteiger partial charge in [-0.25, -0.2) is 0 Å². The molecule has 0 aliphatic rings. The van der Waals surface area contributed by atoms with Crippen LogP contribution in [0.1, 0.15) is 30.4 Å². The van der Waals surface area contributed by atoms with Crippen molar-refractivity contribution in [2.24, 2.45) is 9.98 Å². The van der Waals surface area contributed by atoms with E-state index < -0.39 is 0 Å². The van der Waals surface area contributed by atoms with E-state index in [9.17, 15) is 10.2 Å². The Morgan fingerprint density at radius 2 is 1.19 bits per heavy atom. The molecule has 6 heteroatoms. The zero-order chi connectivity index (χ0) is 19.5. The maximum absolute atomic E-state index is 9.79. The summed E-state index contributed by atoms with van der Waals surface area (Å²) in [5.41, 5.74) is 1.30. The van der Waals surface area contributed by atoms with Gasteiger partial charge in [-0.05, 0) is 55.7 Å². The predicted molar refractivity (Wildman–Crippen MR) is 108 cm³/mol. The molecule has 2 aromatic carbocycles. The Labute approximate surface area is 159 Å². The van der Waals surface area contributed by atoms with Crippen LogP contribution in [0.5, 0.6) is 23.0 Å². The average Bonchev–Trinajstić information content (AvgIpc) is 2.69. The number of aromatic hydroxyl groups is 2. The number of ether oxygens (including phenoxy) is 2. The van der Waals surface area contributed by atoms with E-state index in [0.717, 1.165) is 19.3 Å². The molecule has 0 saturated carbocycles. The molecule has 0 heterocycles. The van der Waals surface area contributed by atoms with Gasteiger partial charge in [0.05, 0.1) is 14.2 Å². The lowest BCUT2D eigenvalue weighted by Crippen LogP contribution is -1.91. The predicted octanol–water partition coefficient (Wildman–Crippen LogP) is 3.82. The number of hydrogen-bond acceptors (Lipinski definition) is 6. The van der Waals surface area contributed by atoms with Crippen molar-refractivity contribution in [3.05, 3.63) is 47.5 Å². The Morgan fingerprint density at radius 1 is 0.741 bits per heavy atom. The van der Waals surface area contributed by atoms with E-state index in [1.807, 2.05) is 0 Å². The highest BCUT2D eigenvalue weighted by Gasteiger charge is 2.01. The first-order valence-electron chi connectivity index (χ1n) is 8.87. The Kier molecular flexibility index (Phi) is 8.16. The summed E-state index contributed by atoms with van der Waals surface area (Å²) in [7, 11) is 3.18. The van der Waals surface area contributed by atoms with Crippen LogP contribution in [0.25, 0.3) is 0 Å². The zero-order valence-corrected chi connectivity index (χ0v) is 15.8. The van der Waals surface area contributed by atoms with Crippen LogP contribution in [0.15, 0.2) is 46.4 Å². The minimum atomic E-state index is 0.190. The quantitative estimate of drug-likeness (QED) is 0.492. The van der Waals surface area contributed by atoms with E-state index in [0.29, 0.717) is 35.7 Å². The number of hydrogen-bond donors (Lipinski definition) is 2. The summed E-state index contributed by atoms with van der Waals surface area (Å²) in [5.74, 6) is 1.76. The fourth-order valence-corrected chi connectivity index (χ4v) is 2.43. The summed E-state index contributed by atoms with van der Waals surface area (Å²) in [6.07, 6.45) is 6.23. The van der Waals surface area contributed by atoms with Crippen molar-refractivity contribution in [3.63, 3.8) is 0 Å². The maximum Gasteiger partial charge on any atom is 0.124 e. The Hall–Kier alpha value is -3.02. The summed E-state index contributed by atoms with van der Waals surface area (Å²) in [5, 5.41) is 19.6. The first-order valence-corrected chi connectivity index (χ1v) is 8.87. The highest BCUT2D eigenvalue weighted by Crippen LogP contribution is 2.22. The zero-order valence-electron chi connectivity index (χ0n) is 15.8. The molecule has 0 saturated heterocycles. The molecule has 0 aromatic heterocycles. The average molecular weight is 370 g/mol. The molecule has 0 spiro atoms. The van der Waals surface area contributed by atoms with Gasteiger partial charge in [0.15, 0.2) is 0 Å². The monoisotopic (exact) mass is 370 g/mol.